The van der Waals surface area contributed by atoms with E-state index >= 15 is 0 Å². The Balaban J connectivity index is 1.74. The molecule has 4 heteroatoms. The van der Waals surface area contributed by atoms with Gasteiger partial charge in [-0.3, -0.25) is 0 Å². The standard InChI is InChI=1S/C14H15FN2O/c15-11-2-1-3-14(10-11)18-9-8-17-13-6-4-12(16)5-7-13/h1-7,10,17H,8-9,16H2. The second-order valence-electron chi connectivity index (χ2n) is 3.85. The number of nitrogens with one attached hydrogen (secondary N) is 1. The summed E-state index contributed by atoms with van der Waals surface area (Å²) < 4.78 is 18.3. The predicted molar refractivity (Wildman–Crippen MR) is 71.2 cm³/mol. The molecular formula is C14H15FN2O. The molecule has 0 heterocycles. The fourth-order valence-corrected chi connectivity index (χ4v) is 1.52. The smallest absolute Gasteiger partial charge is 0.126 e. The van der Waals surface area contributed by atoms with Crippen LogP contribution in [0, 0.1) is 5.82 Å². The number of halogens is 1. The highest BCUT2D eigenvalue weighted by Crippen LogP contribution is 2.12. The zero-order chi connectivity index (χ0) is 12.8. The molecule has 0 aliphatic rings. The Bertz CT molecular complexity index is 499. The Morgan fingerprint density at radius 2 is 1.89 bits per heavy atom. The third-order valence-electron chi connectivity index (χ3n) is 2.41. The third kappa shape index (κ3) is 3.66. The van der Waals surface area contributed by atoms with E-state index in [0.29, 0.717) is 18.9 Å². The Labute approximate surface area is 105 Å². The van der Waals surface area contributed by atoms with Crippen molar-refractivity contribution in [2.75, 3.05) is 24.2 Å². The highest BCUT2D eigenvalue weighted by atomic mass is 19.1. The summed E-state index contributed by atoms with van der Waals surface area (Å²) in [6.07, 6.45) is 0. The first-order chi connectivity index (χ1) is 8.74. The lowest BCUT2D eigenvalue weighted by Crippen LogP contribution is -2.11. The van der Waals surface area contributed by atoms with Crippen molar-refractivity contribution in [3.8, 4) is 5.75 Å². The minimum atomic E-state index is -0.293. The topological polar surface area (TPSA) is 47.3 Å². The number of ether oxygens (including phenoxy) is 1. The summed E-state index contributed by atoms with van der Waals surface area (Å²) >= 11 is 0. The van der Waals surface area contributed by atoms with Gasteiger partial charge in [0.1, 0.15) is 18.2 Å². The summed E-state index contributed by atoms with van der Waals surface area (Å²) in [6, 6.07) is 13.6. The molecular weight excluding hydrogens is 231 g/mol. The molecule has 0 aromatic heterocycles. The van der Waals surface area contributed by atoms with Crippen LogP contribution >= 0.6 is 0 Å². The van der Waals surface area contributed by atoms with E-state index in [9.17, 15) is 4.39 Å². The molecule has 3 N–H and O–H groups in total. The second kappa shape index (κ2) is 5.91. The lowest BCUT2D eigenvalue weighted by molar-refractivity contribution is 0.331. The largest absolute Gasteiger partial charge is 0.492 e. The molecule has 0 unspecified atom stereocenters. The first-order valence-corrected chi connectivity index (χ1v) is 5.72. The molecule has 0 fully saturated rings. The molecule has 0 spiro atoms. The molecule has 3 nitrogen and oxygen atoms in total. The molecule has 2 rings (SSSR count). The van der Waals surface area contributed by atoms with Crippen LogP contribution in [0.4, 0.5) is 15.8 Å². The number of benzene rings is 2. The maximum atomic E-state index is 12.9. The van der Waals surface area contributed by atoms with Gasteiger partial charge in [-0.05, 0) is 36.4 Å². The van der Waals surface area contributed by atoms with E-state index in [2.05, 4.69) is 5.32 Å². The quantitative estimate of drug-likeness (QED) is 0.630. The maximum absolute atomic E-state index is 12.9. The molecule has 0 aliphatic heterocycles. The van der Waals surface area contributed by atoms with Gasteiger partial charge in [0.25, 0.3) is 0 Å². The van der Waals surface area contributed by atoms with Gasteiger partial charge in [-0.1, -0.05) is 6.07 Å². The van der Waals surface area contributed by atoms with Crippen LogP contribution in [0.5, 0.6) is 5.75 Å². The first-order valence-electron chi connectivity index (χ1n) is 5.72. The normalized spacial score (nSPS) is 10.1. The zero-order valence-electron chi connectivity index (χ0n) is 9.90. The number of rotatable bonds is 5. The number of anilines is 2. The molecule has 0 saturated heterocycles. The minimum Gasteiger partial charge on any atom is -0.492 e. The average Bonchev–Trinajstić information content (AvgIpc) is 2.37. The Hall–Kier alpha value is -2.23. The van der Waals surface area contributed by atoms with Crippen LogP contribution in [-0.4, -0.2) is 13.2 Å². The zero-order valence-corrected chi connectivity index (χ0v) is 9.90. The molecule has 94 valence electrons. The van der Waals surface area contributed by atoms with E-state index in [1.807, 2.05) is 24.3 Å². The Morgan fingerprint density at radius 1 is 1.11 bits per heavy atom. The lowest BCUT2D eigenvalue weighted by atomic mass is 10.3. The van der Waals surface area contributed by atoms with Crippen LogP contribution in [0.3, 0.4) is 0 Å². The molecule has 2 aromatic rings. The van der Waals surface area contributed by atoms with Crippen LogP contribution in [0.1, 0.15) is 0 Å². The number of hydrogen-bond donors (Lipinski definition) is 2. The second-order valence-corrected chi connectivity index (χ2v) is 3.85. The van der Waals surface area contributed by atoms with Crippen LogP contribution in [-0.2, 0) is 0 Å². The molecule has 0 atom stereocenters. The highest BCUT2D eigenvalue weighted by molar-refractivity contribution is 5.51. The molecule has 0 amide bonds. The summed E-state index contributed by atoms with van der Waals surface area (Å²) in [4.78, 5) is 0. The number of nitrogens with two attached hydrogens (primary N) is 1. The van der Waals surface area contributed by atoms with E-state index < -0.39 is 0 Å². The fraction of sp³-hybridized carbons (Fsp3) is 0.143. The van der Waals surface area contributed by atoms with E-state index in [1.165, 1.54) is 12.1 Å². The van der Waals surface area contributed by atoms with Crippen LogP contribution in [0.2, 0.25) is 0 Å². The van der Waals surface area contributed by atoms with E-state index in [0.717, 1.165) is 11.4 Å². The summed E-state index contributed by atoms with van der Waals surface area (Å²) in [5, 5.41) is 3.18. The molecule has 0 aliphatic carbocycles. The van der Waals surface area contributed by atoms with Gasteiger partial charge in [-0.2, -0.15) is 0 Å². The molecule has 0 radical (unpaired) electrons. The maximum Gasteiger partial charge on any atom is 0.126 e. The van der Waals surface area contributed by atoms with Gasteiger partial charge in [-0.25, -0.2) is 4.39 Å². The highest BCUT2D eigenvalue weighted by Gasteiger charge is 1.96. The molecule has 2 aromatic carbocycles. The summed E-state index contributed by atoms with van der Waals surface area (Å²) in [7, 11) is 0. The number of nitrogen functional groups attached to an aromatic ring is 1. The van der Waals surface area contributed by atoms with E-state index in [1.54, 1.807) is 12.1 Å². The van der Waals surface area contributed by atoms with Gasteiger partial charge in [0.15, 0.2) is 0 Å². The van der Waals surface area contributed by atoms with Crippen molar-refractivity contribution in [3.05, 3.63) is 54.3 Å². The lowest BCUT2D eigenvalue weighted by Gasteiger charge is -2.08. The van der Waals surface area contributed by atoms with Crippen molar-refractivity contribution in [3.63, 3.8) is 0 Å². The van der Waals surface area contributed by atoms with Crippen molar-refractivity contribution in [1.82, 2.24) is 0 Å². The summed E-state index contributed by atoms with van der Waals surface area (Å²) in [5.74, 6) is 0.244. The summed E-state index contributed by atoms with van der Waals surface area (Å²) in [6.45, 7) is 1.11. The van der Waals surface area contributed by atoms with Crippen LogP contribution in [0.25, 0.3) is 0 Å². The summed E-state index contributed by atoms with van der Waals surface area (Å²) in [5.41, 5.74) is 7.30. The van der Waals surface area contributed by atoms with Gasteiger partial charge in [0, 0.05) is 24.0 Å². The Kier molecular flexibility index (Phi) is 4.02. The SMILES string of the molecule is Nc1ccc(NCCOc2cccc(F)c2)cc1. The van der Waals surface area contributed by atoms with Crippen LogP contribution in [0.15, 0.2) is 48.5 Å². The van der Waals surface area contributed by atoms with Crippen LogP contribution < -0.4 is 15.8 Å². The van der Waals surface area contributed by atoms with Gasteiger partial charge in [0.05, 0.1) is 0 Å². The fourth-order valence-electron chi connectivity index (χ4n) is 1.52. The van der Waals surface area contributed by atoms with Crippen molar-refractivity contribution in [2.24, 2.45) is 0 Å². The monoisotopic (exact) mass is 246 g/mol. The van der Waals surface area contributed by atoms with Crippen molar-refractivity contribution in [2.45, 2.75) is 0 Å². The molecule has 0 bridgehead atoms. The van der Waals surface area contributed by atoms with Gasteiger partial charge in [-0.15, -0.1) is 0 Å². The van der Waals surface area contributed by atoms with Crippen molar-refractivity contribution < 1.29 is 9.13 Å². The Morgan fingerprint density at radius 3 is 2.61 bits per heavy atom. The predicted octanol–water partition coefficient (Wildman–Crippen LogP) is 2.90. The van der Waals surface area contributed by atoms with E-state index in [4.69, 9.17) is 10.5 Å². The number of hydrogen-bond acceptors (Lipinski definition) is 3. The van der Waals surface area contributed by atoms with Crippen molar-refractivity contribution in [1.29, 1.82) is 0 Å². The average molecular weight is 246 g/mol. The van der Waals surface area contributed by atoms with Gasteiger partial charge < -0.3 is 15.8 Å². The molecule has 0 saturated carbocycles. The van der Waals surface area contributed by atoms with Gasteiger partial charge >= 0.3 is 0 Å². The first kappa shape index (κ1) is 12.2. The minimum absolute atomic E-state index is 0.293. The van der Waals surface area contributed by atoms with Crippen molar-refractivity contribution >= 4 is 11.4 Å². The third-order valence-corrected chi connectivity index (χ3v) is 2.41. The molecule has 18 heavy (non-hydrogen) atoms. The van der Waals surface area contributed by atoms with Gasteiger partial charge in [0.2, 0.25) is 0 Å². The van der Waals surface area contributed by atoms with E-state index in [-0.39, 0.29) is 5.82 Å².